The Hall–Kier alpha value is -3.85. The van der Waals surface area contributed by atoms with Gasteiger partial charge in [0.2, 0.25) is 11.8 Å². The summed E-state index contributed by atoms with van der Waals surface area (Å²) in [6.07, 6.45) is 0.357. The van der Waals surface area contributed by atoms with Crippen molar-refractivity contribution in [1.29, 1.82) is 0 Å². The van der Waals surface area contributed by atoms with Crippen molar-refractivity contribution in [1.82, 2.24) is 10.2 Å². The quantitative estimate of drug-likeness (QED) is 0.357. The number of hydrogen-bond donors (Lipinski definition) is 1. The fourth-order valence-electron chi connectivity index (χ4n) is 4.34. The first kappa shape index (κ1) is 29.7. The number of nitrogens with zero attached hydrogens (tertiary/aromatic N) is 2. The summed E-state index contributed by atoms with van der Waals surface area (Å²) < 4.78 is 34.3. The van der Waals surface area contributed by atoms with Gasteiger partial charge < -0.3 is 15.0 Å². The van der Waals surface area contributed by atoms with Gasteiger partial charge in [-0.1, -0.05) is 61.5 Å². The monoisotopic (exact) mass is 551 g/mol. The normalized spacial score (nSPS) is 12.1. The Kier molecular flexibility index (Phi) is 10.1. The van der Waals surface area contributed by atoms with Crippen LogP contribution in [0.3, 0.4) is 0 Å². The first-order chi connectivity index (χ1) is 18.6. The first-order valence-electron chi connectivity index (χ1n) is 12.9. The van der Waals surface area contributed by atoms with Gasteiger partial charge in [-0.25, -0.2) is 8.42 Å². The summed E-state index contributed by atoms with van der Waals surface area (Å²) in [6, 6.07) is 21.3. The zero-order valence-electron chi connectivity index (χ0n) is 23.1. The van der Waals surface area contributed by atoms with Crippen LogP contribution in [0.25, 0.3) is 0 Å². The Morgan fingerprint density at radius 2 is 1.54 bits per heavy atom. The third-order valence-electron chi connectivity index (χ3n) is 6.38. The van der Waals surface area contributed by atoms with Gasteiger partial charge >= 0.3 is 0 Å². The minimum atomic E-state index is -4.16. The van der Waals surface area contributed by atoms with E-state index in [2.05, 4.69) is 5.32 Å². The molecule has 2 amide bonds. The minimum Gasteiger partial charge on any atom is -0.495 e. The molecule has 39 heavy (non-hydrogen) atoms. The molecular weight excluding hydrogens is 514 g/mol. The van der Waals surface area contributed by atoms with Crippen LogP contribution in [0.1, 0.15) is 38.3 Å². The predicted molar refractivity (Wildman–Crippen MR) is 153 cm³/mol. The number of hydrogen-bond acceptors (Lipinski definition) is 5. The lowest BCUT2D eigenvalue weighted by molar-refractivity contribution is -0.140. The van der Waals surface area contributed by atoms with Gasteiger partial charge in [0.05, 0.1) is 17.7 Å². The number of carbonyl (C=O) groups excluding carboxylic acids is 2. The summed E-state index contributed by atoms with van der Waals surface area (Å²) in [4.78, 5) is 28.8. The number of para-hydroxylation sites is 2. The number of aryl methyl sites for hydroxylation is 1. The van der Waals surface area contributed by atoms with E-state index in [1.54, 1.807) is 42.5 Å². The van der Waals surface area contributed by atoms with Crippen molar-refractivity contribution in [3.05, 3.63) is 90.0 Å². The van der Waals surface area contributed by atoms with Gasteiger partial charge in [0.15, 0.2) is 0 Å². The second kappa shape index (κ2) is 13.3. The van der Waals surface area contributed by atoms with E-state index in [0.717, 1.165) is 15.4 Å². The zero-order chi connectivity index (χ0) is 28.6. The van der Waals surface area contributed by atoms with Crippen LogP contribution in [0.15, 0.2) is 83.8 Å². The fraction of sp³-hybridized carbons (Fsp3) is 0.333. The molecule has 0 radical (unpaired) electrons. The molecule has 0 aliphatic carbocycles. The summed E-state index contributed by atoms with van der Waals surface area (Å²) in [5, 5.41) is 2.90. The third kappa shape index (κ3) is 7.17. The lowest BCUT2D eigenvalue weighted by Crippen LogP contribution is -2.53. The Morgan fingerprint density at radius 3 is 2.15 bits per heavy atom. The molecule has 0 saturated heterocycles. The number of sulfonamides is 1. The average Bonchev–Trinajstić information content (AvgIpc) is 2.92. The summed E-state index contributed by atoms with van der Waals surface area (Å²) in [7, 11) is -2.72. The molecule has 0 saturated carbocycles. The van der Waals surface area contributed by atoms with E-state index in [9.17, 15) is 18.0 Å². The number of carbonyl (C=O) groups is 2. The molecule has 0 spiro atoms. The molecule has 9 heteroatoms. The van der Waals surface area contributed by atoms with Crippen LogP contribution < -0.4 is 14.4 Å². The molecule has 3 rings (SSSR count). The second-order valence-corrected chi connectivity index (χ2v) is 11.4. The molecule has 3 aromatic rings. The summed E-state index contributed by atoms with van der Waals surface area (Å²) in [5.41, 5.74) is 2.07. The molecule has 0 aliphatic heterocycles. The predicted octanol–water partition coefficient (Wildman–Crippen LogP) is 4.53. The number of rotatable bonds is 12. The molecule has 0 bridgehead atoms. The molecule has 1 N–H and O–H groups in total. The highest BCUT2D eigenvalue weighted by molar-refractivity contribution is 7.92. The first-order valence-corrected chi connectivity index (χ1v) is 14.4. The van der Waals surface area contributed by atoms with Crippen LogP contribution in [0.5, 0.6) is 5.75 Å². The average molecular weight is 552 g/mol. The van der Waals surface area contributed by atoms with Gasteiger partial charge in [0.25, 0.3) is 10.0 Å². The van der Waals surface area contributed by atoms with Gasteiger partial charge in [-0.05, 0) is 62.6 Å². The van der Waals surface area contributed by atoms with E-state index >= 15 is 0 Å². The zero-order valence-corrected chi connectivity index (χ0v) is 23.9. The highest BCUT2D eigenvalue weighted by Crippen LogP contribution is 2.32. The van der Waals surface area contributed by atoms with Gasteiger partial charge in [-0.3, -0.25) is 13.9 Å². The summed E-state index contributed by atoms with van der Waals surface area (Å²) >= 11 is 0. The number of benzene rings is 3. The number of ether oxygens (including phenoxy) is 1. The second-order valence-electron chi connectivity index (χ2n) is 9.53. The summed E-state index contributed by atoms with van der Waals surface area (Å²) in [6.45, 7) is 7.12. The molecule has 1 atom stereocenters. The van der Waals surface area contributed by atoms with Crippen molar-refractivity contribution in [3.8, 4) is 5.75 Å². The van der Waals surface area contributed by atoms with Crippen molar-refractivity contribution in [2.45, 2.75) is 57.6 Å². The Balaban J connectivity index is 2.10. The van der Waals surface area contributed by atoms with Crippen LogP contribution in [0.4, 0.5) is 5.69 Å². The molecular formula is C30H37N3O5S. The van der Waals surface area contributed by atoms with Crippen LogP contribution in [0, 0.1) is 6.92 Å². The topological polar surface area (TPSA) is 96.0 Å². The molecule has 0 aromatic heterocycles. The SMILES string of the molecule is CC[C@@H](C(=O)NC(C)C)N(Cc1ccccc1C)C(=O)CN(c1ccccc1OC)S(=O)(=O)c1ccccc1. The van der Waals surface area contributed by atoms with Crippen molar-refractivity contribution < 1.29 is 22.7 Å². The highest BCUT2D eigenvalue weighted by atomic mass is 32.2. The van der Waals surface area contributed by atoms with Crippen LogP contribution in [-0.4, -0.2) is 50.9 Å². The maximum Gasteiger partial charge on any atom is 0.264 e. The number of nitrogens with one attached hydrogen (secondary N) is 1. The molecule has 0 fully saturated rings. The standard InChI is InChI=1S/C30H37N3O5S/c1-6-26(30(35)31-22(2)3)32(20-24-15-11-10-14-23(24)4)29(34)21-33(27-18-12-13-19-28(27)38-5)39(36,37)25-16-8-7-9-17-25/h7-19,22,26H,6,20-21H2,1-5H3,(H,31,35)/t26-/m0/s1. The molecule has 8 nitrogen and oxygen atoms in total. The summed E-state index contributed by atoms with van der Waals surface area (Å²) in [5.74, 6) is -0.488. The maximum atomic E-state index is 14.1. The van der Waals surface area contributed by atoms with Crippen molar-refractivity contribution >= 4 is 27.5 Å². The highest BCUT2D eigenvalue weighted by Gasteiger charge is 2.34. The number of methoxy groups -OCH3 is 1. The maximum absolute atomic E-state index is 14.1. The van der Waals surface area contributed by atoms with E-state index in [1.165, 1.54) is 24.1 Å². The minimum absolute atomic E-state index is 0.0405. The van der Waals surface area contributed by atoms with Crippen molar-refractivity contribution in [2.24, 2.45) is 0 Å². The van der Waals surface area contributed by atoms with E-state index in [0.29, 0.717) is 12.2 Å². The third-order valence-corrected chi connectivity index (χ3v) is 8.16. The van der Waals surface area contributed by atoms with Crippen molar-refractivity contribution in [3.63, 3.8) is 0 Å². The molecule has 208 valence electrons. The van der Waals surface area contributed by atoms with Crippen molar-refractivity contribution in [2.75, 3.05) is 18.0 Å². The van der Waals surface area contributed by atoms with Gasteiger partial charge in [0, 0.05) is 12.6 Å². The van der Waals surface area contributed by atoms with Crippen LogP contribution in [-0.2, 0) is 26.2 Å². The lowest BCUT2D eigenvalue weighted by Gasteiger charge is -2.34. The fourth-order valence-corrected chi connectivity index (χ4v) is 5.79. The molecule has 3 aromatic carbocycles. The molecule has 0 unspecified atom stereocenters. The smallest absolute Gasteiger partial charge is 0.264 e. The van der Waals surface area contributed by atoms with Gasteiger partial charge in [-0.2, -0.15) is 0 Å². The largest absolute Gasteiger partial charge is 0.495 e. The van der Waals surface area contributed by atoms with Crippen LogP contribution >= 0.6 is 0 Å². The van der Waals surface area contributed by atoms with Gasteiger partial charge in [-0.15, -0.1) is 0 Å². The van der Waals surface area contributed by atoms with E-state index in [1.807, 2.05) is 52.0 Å². The Morgan fingerprint density at radius 1 is 0.923 bits per heavy atom. The van der Waals surface area contributed by atoms with Crippen LogP contribution in [0.2, 0.25) is 0 Å². The Bertz CT molecular complexity index is 1380. The lowest BCUT2D eigenvalue weighted by atomic mass is 10.1. The van der Waals surface area contributed by atoms with Gasteiger partial charge in [0.1, 0.15) is 18.3 Å². The Labute approximate surface area is 231 Å². The number of amides is 2. The number of anilines is 1. The van der Waals surface area contributed by atoms with E-state index < -0.39 is 28.5 Å². The molecule has 0 aliphatic rings. The van der Waals surface area contributed by atoms with E-state index in [-0.39, 0.29) is 29.1 Å². The van der Waals surface area contributed by atoms with E-state index in [4.69, 9.17) is 4.74 Å². The molecule has 0 heterocycles.